The van der Waals surface area contributed by atoms with E-state index in [-0.39, 0.29) is 5.91 Å². The van der Waals surface area contributed by atoms with Crippen LogP contribution in [0.5, 0.6) is 0 Å². The molecule has 138 valence electrons. The van der Waals surface area contributed by atoms with Crippen LogP contribution in [0.4, 0.5) is 11.4 Å². The smallest absolute Gasteiger partial charge is 0.269 e. The van der Waals surface area contributed by atoms with Gasteiger partial charge in [-0.15, -0.1) is 0 Å². The molecule has 0 bridgehead atoms. The fourth-order valence-electron chi connectivity index (χ4n) is 3.05. The average molecular weight is 354 g/mol. The molecule has 0 spiro atoms. The summed E-state index contributed by atoms with van der Waals surface area (Å²) in [5.74, 6) is -0.132. The Morgan fingerprint density at radius 1 is 1.15 bits per heavy atom. The summed E-state index contributed by atoms with van der Waals surface area (Å²) in [6.07, 6.45) is 1.76. The van der Waals surface area contributed by atoms with Gasteiger partial charge >= 0.3 is 0 Å². The molecule has 6 nitrogen and oxygen atoms in total. The van der Waals surface area contributed by atoms with Crippen molar-refractivity contribution < 1.29 is 9.53 Å². The third-order valence-electron chi connectivity index (χ3n) is 4.49. The summed E-state index contributed by atoms with van der Waals surface area (Å²) in [7, 11) is 0. The van der Waals surface area contributed by atoms with E-state index in [0.717, 1.165) is 50.8 Å². The molecule has 1 aromatic heterocycles. The van der Waals surface area contributed by atoms with Gasteiger partial charge in [0.2, 0.25) is 0 Å². The van der Waals surface area contributed by atoms with Gasteiger partial charge in [0.15, 0.2) is 0 Å². The maximum absolute atomic E-state index is 12.3. The summed E-state index contributed by atoms with van der Waals surface area (Å²) < 4.78 is 5.33. The third kappa shape index (κ3) is 4.80. The number of para-hydroxylation sites is 1. The highest BCUT2D eigenvalue weighted by Crippen LogP contribution is 2.23. The Hall–Kier alpha value is -2.44. The van der Waals surface area contributed by atoms with Crippen molar-refractivity contribution in [1.29, 1.82) is 0 Å². The Morgan fingerprint density at radius 2 is 1.92 bits per heavy atom. The number of nitrogens with zero attached hydrogens (tertiary/aromatic N) is 3. The van der Waals surface area contributed by atoms with Gasteiger partial charge in [-0.05, 0) is 31.2 Å². The Balaban J connectivity index is 1.55. The maximum Gasteiger partial charge on any atom is 0.269 e. The fraction of sp³-hybridized carbons (Fsp3) is 0.400. The minimum absolute atomic E-state index is 0.132. The number of carbonyl (C=O) groups excluding carboxylic acids is 1. The molecule has 1 saturated heterocycles. The molecule has 3 rings (SSSR count). The molecule has 1 aromatic carbocycles. The van der Waals surface area contributed by atoms with Gasteiger partial charge in [0.05, 0.1) is 25.1 Å². The first-order chi connectivity index (χ1) is 12.8. The highest BCUT2D eigenvalue weighted by molar-refractivity contribution is 5.92. The molecule has 1 N–H and O–H groups in total. The zero-order valence-corrected chi connectivity index (χ0v) is 15.2. The van der Waals surface area contributed by atoms with E-state index in [1.54, 1.807) is 12.3 Å². The predicted octanol–water partition coefficient (Wildman–Crippen LogP) is 2.30. The van der Waals surface area contributed by atoms with Crippen molar-refractivity contribution in [2.75, 3.05) is 50.8 Å². The summed E-state index contributed by atoms with van der Waals surface area (Å²) in [6.45, 7) is 7.77. The monoisotopic (exact) mass is 354 g/mol. The lowest BCUT2D eigenvalue weighted by molar-refractivity contribution is 0.0383. The van der Waals surface area contributed by atoms with Crippen LogP contribution in [-0.4, -0.2) is 61.7 Å². The predicted molar refractivity (Wildman–Crippen MR) is 103 cm³/mol. The Labute approximate surface area is 154 Å². The van der Waals surface area contributed by atoms with Gasteiger partial charge in [-0.3, -0.25) is 9.69 Å². The fourth-order valence-corrected chi connectivity index (χ4v) is 3.05. The van der Waals surface area contributed by atoms with E-state index in [4.69, 9.17) is 4.74 Å². The van der Waals surface area contributed by atoms with Crippen molar-refractivity contribution in [1.82, 2.24) is 15.2 Å². The van der Waals surface area contributed by atoms with Gasteiger partial charge in [-0.1, -0.05) is 18.2 Å². The quantitative estimate of drug-likeness (QED) is 0.827. The second-order valence-electron chi connectivity index (χ2n) is 6.19. The second-order valence-corrected chi connectivity index (χ2v) is 6.19. The lowest BCUT2D eigenvalue weighted by Crippen LogP contribution is -2.41. The SMILES string of the molecule is CCN(c1ccccc1)c1ccc(C(=O)NCCN2CCOCC2)nc1. The maximum atomic E-state index is 12.3. The molecule has 1 amide bonds. The number of nitrogens with one attached hydrogen (secondary N) is 1. The molecule has 6 heteroatoms. The molecule has 2 aromatic rings. The van der Waals surface area contributed by atoms with Crippen molar-refractivity contribution in [3.63, 3.8) is 0 Å². The molecular weight excluding hydrogens is 328 g/mol. The normalized spacial score (nSPS) is 14.8. The van der Waals surface area contributed by atoms with Crippen molar-refractivity contribution in [3.05, 3.63) is 54.4 Å². The van der Waals surface area contributed by atoms with Crippen molar-refractivity contribution in [3.8, 4) is 0 Å². The number of ether oxygens (including phenoxy) is 1. The number of anilines is 2. The van der Waals surface area contributed by atoms with Crippen LogP contribution in [0.25, 0.3) is 0 Å². The highest BCUT2D eigenvalue weighted by Gasteiger charge is 2.12. The zero-order chi connectivity index (χ0) is 18.2. The molecule has 1 aliphatic rings. The first kappa shape index (κ1) is 18.4. The van der Waals surface area contributed by atoms with Crippen LogP contribution in [0, 0.1) is 0 Å². The number of rotatable bonds is 7. The highest BCUT2D eigenvalue weighted by atomic mass is 16.5. The van der Waals surface area contributed by atoms with Crippen LogP contribution >= 0.6 is 0 Å². The van der Waals surface area contributed by atoms with Crippen LogP contribution in [0.1, 0.15) is 17.4 Å². The van der Waals surface area contributed by atoms with Crippen molar-refractivity contribution in [2.24, 2.45) is 0 Å². The standard InChI is InChI=1S/C20H26N4O2/c1-2-24(17-6-4-3-5-7-17)18-8-9-19(22-16-18)20(25)21-10-11-23-12-14-26-15-13-23/h3-9,16H,2,10-15H2,1H3,(H,21,25). The number of aromatic nitrogens is 1. The Morgan fingerprint density at radius 3 is 2.58 bits per heavy atom. The van der Waals surface area contributed by atoms with Crippen LogP contribution < -0.4 is 10.2 Å². The van der Waals surface area contributed by atoms with E-state index in [9.17, 15) is 4.79 Å². The summed E-state index contributed by atoms with van der Waals surface area (Å²) >= 11 is 0. The average Bonchev–Trinajstić information content (AvgIpc) is 2.71. The number of amides is 1. The number of morpholine rings is 1. The van der Waals surface area contributed by atoms with E-state index in [1.165, 1.54) is 0 Å². The molecule has 0 aliphatic carbocycles. The van der Waals surface area contributed by atoms with Gasteiger partial charge < -0.3 is 15.0 Å². The molecule has 2 heterocycles. The summed E-state index contributed by atoms with van der Waals surface area (Å²) in [6, 6.07) is 13.9. The van der Waals surface area contributed by atoms with Crippen LogP contribution in [0.3, 0.4) is 0 Å². The summed E-state index contributed by atoms with van der Waals surface area (Å²) in [4.78, 5) is 21.1. The number of pyridine rings is 1. The Kier molecular flexibility index (Phi) is 6.57. The number of carbonyl (C=O) groups is 1. The van der Waals surface area contributed by atoms with Gasteiger partial charge in [0, 0.05) is 38.4 Å². The van der Waals surface area contributed by atoms with Gasteiger partial charge in [0.25, 0.3) is 5.91 Å². The van der Waals surface area contributed by atoms with E-state index in [0.29, 0.717) is 12.2 Å². The van der Waals surface area contributed by atoms with E-state index < -0.39 is 0 Å². The topological polar surface area (TPSA) is 57.7 Å². The molecule has 0 saturated carbocycles. The first-order valence-corrected chi connectivity index (χ1v) is 9.15. The number of benzene rings is 1. The number of hydrogen-bond donors (Lipinski definition) is 1. The molecule has 0 unspecified atom stereocenters. The molecule has 26 heavy (non-hydrogen) atoms. The van der Waals surface area contributed by atoms with E-state index >= 15 is 0 Å². The van der Waals surface area contributed by atoms with E-state index in [1.807, 2.05) is 24.3 Å². The van der Waals surface area contributed by atoms with Gasteiger partial charge in [-0.25, -0.2) is 4.98 Å². The van der Waals surface area contributed by atoms with Gasteiger partial charge in [0.1, 0.15) is 5.69 Å². The van der Waals surface area contributed by atoms with E-state index in [2.05, 4.69) is 39.2 Å². The molecular formula is C20H26N4O2. The second kappa shape index (κ2) is 9.31. The van der Waals surface area contributed by atoms with Crippen molar-refractivity contribution in [2.45, 2.75) is 6.92 Å². The summed E-state index contributed by atoms with van der Waals surface area (Å²) in [5.41, 5.74) is 2.53. The van der Waals surface area contributed by atoms with Crippen LogP contribution in [0.2, 0.25) is 0 Å². The number of hydrogen-bond acceptors (Lipinski definition) is 5. The van der Waals surface area contributed by atoms with Crippen LogP contribution in [-0.2, 0) is 4.74 Å². The largest absolute Gasteiger partial charge is 0.379 e. The van der Waals surface area contributed by atoms with Crippen LogP contribution in [0.15, 0.2) is 48.7 Å². The van der Waals surface area contributed by atoms with Crippen molar-refractivity contribution >= 4 is 17.3 Å². The minimum Gasteiger partial charge on any atom is -0.379 e. The first-order valence-electron chi connectivity index (χ1n) is 9.15. The molecule has 1 aliphatic heterocycles. The summed E-state index contributed by atoms with van der Waals surface area (Å²) in [5, 5.41) is 2.94. The lowest BCUT2D eigenvalue weighted by Gasteiger charge is -2.26. The third-order valence-corrected chi connectivity index (χ3v) is 4.49. The molecule has 1 fully saturated rings. The van der Waals surface area contributed by atoms with Gasteiger partial charge in [-0.2, -0.15) is 0 Å². The minimum atomic E-state index is -0.132. The molecule has 0 radical (unpaired) electrons. The zero-order valence-electron chi connectivity index (χ0n) is 15.2. The lowest BCUT2D eigenvalue weighted by atomic mass is 10.2. The molecule has 0 atom stereocenters. The Bertz CT molecular complexity index is 685.